The molecule has 0 radical (unpaired) electrons. The van der Waals surface area contributed by atoms with E-state index in [9.17, 15) is 5.11 Å². The Morgan fingerprint density at radius 1 is 1.10 bits per heavy atom. The minimum Gasteiger partial charge on any atom is -0.496 e. The standard InChI is InChI=1S/C17H19BrO2/c1-20-17-8-3-2-6-15(17)10-14(12-19)9-13-5-4-7-16(18)11-13/h2-8,11,14,19H,9-10,12H2,1H3. The lowest BCUT2D eigenvalue weighted by Gasteiger charge is -2.16. The van der Waals surface area contributed by atoms with Crippen molar-refractivity contribution in [3.8, 4) is 5.75 Å². The van der Waals surface area contributed by atoms with Gasteiger partial charge in [0.1, 0.15) is 5.75 Å². The highest BCUT2D eigenvalue weighted by Crippen LogP contribution is 2.23. The van der Waals surface area contributed by atoms with Crippen molar-refractivity contribution in [3.63, 3.8) is 0 Å². The number of aliphatic hydroxyl groups is 1. The summed E-state index contributed by atoms with van der Waals surface area (Å²) in [6.07, 6.45) is 1.67. The zero-order valence-electron chi connectivity index (χ0n) is 11.6. The van der Waals surface area contributed by atoms with Crippen LogP contribution in [-0.4, -0.2) is 18.8 Å². The van der Waals surface area contributed by atoms with Crippen molar-refractivity contribution in [2.75, 3.05) is 13.7 Å². The minimum absolute atomic E-state index is 0.171. The van der Waals surface area contributed by atoms with Crippen molar-refractivity contribution in [2.24, 2.45) is 5.92 Å². The maximum absolute atomic E-state index is 9.63. The first-order valence-corrected chi connectivity index (χ1v) is 7.49. The van der Waals surface area contributed by atoms with Crippen molar-refractivity contribution in [2.45, 2.75) is 12.8 Å². The fourth-order valence-corrected chi connectivity index (χ4v) is 2.83. The lowest BCUT2D eigenvalue weighted by molar-refractivity contribution is 0.224. The zero-order valence-corrected chi connectivity index (χ0v) is 13.1. The van der Waals surface area contributed by atoms with Gasteiger partial charge >= 0.3 is 0 Å². The molecule has 0 aliphatic heterocycles. The molecule has 106 valence electrons. The lowest BCUT2D eigenvalue weighted by Crippen LogP contribution is -2.13. The molecule has 0 heterocycles. The number of aliphatic hydroxyl groups excluding tert-OH is 1. The molecule has 3 heteroatoms. The van der Waals surface area contributed by atoms with E-state index < -0.39 is 0 Å². The molecule has 0 aliphatic carbocycles. The second-order valence-corrected chi connectivity index (χ2v) is 5.81. The number of hydrogen-bond donors (Lipinski definition) is 1. The van der Waals surface area contributed by atoms with E-state index in [1.165, 1.54) is 5.56 Å². The Labute approximate surface area is 128 Å². The highest BCUT2D eigenvalue weighted by molar-refractivity contribution is 9.10. The summed E-state index contributed by atoms with van der Waals surface area (Å²) >= 11 is 3.48. The fourth-order valence-electron chi connectivity index (χ4n) is 2.38. The monoisotopic (exact) mass is 334 g/mol. The maximum Gasteiger partial charge on any atom is 0.122 e. The molecule has 2 nitrogen and oxygen atoms in total. The molecule has 2 aromatic rings. The number of benzene rings is 2. The molecule has 0 saturated heterocycles. The van der Waals surface area contributed by atoms with Crippen LogP contribution in [-0.2, 0) is 12.8 Å². The van der Waals surface area contributed by atoms with Gasteiger partial charge in [-0.25, -0.2) is 0 Å². The van der Waals surface area contributed by atoms with Crippen molar-refractivity contribution in [1.29, 1.82) is 0 Å². The number of hydrogen-bond acceptors (Lipinski definition) is 2. The van der Waals surface area contributed by atoms with Crippen LogP contribution in [0.25, 0.3) is 0 Å². The van der Waals surface area contributed by atoms with Crippen LogP contribution < -0.4 is 4.74 Å². The predicted octanol–water partition coefficient (Wildman–Crippen LogP) is 3.85. The van der Waals surface area contributed by atoms with Crippen molar-refractivity contribution in [3.05, 3.63) is 64.1 Å². The molecule has 0 aromatic heterocycles. The van der Waals surface area contributed by atoms with E-state index in [1.807, 2.05) is 30.3 Å². The third-order valence-electron chi connectivity index (χ3n) is 3.37. The van der Waals surface area contributed by atoms with E-state index in [0.29, 0.717) is 0 Å². The molecule has 0 aliphatic rings. The van der Waals surface area contributed by atoms with E-state index in [2.05, 4.69) is 34.1 Å². The van der Waals surface area contributed by atoms with Gasteiger partial charge in [-0.3, -0.25) is 0 Å². The molecule has 1 atom stereocenters. The Morgan fingerprint density at radius 2 is 1.90 bits per heavy atom. The summed E-state index contributed by atoms with van der Waals surface area (Å²) < 4.78 is 6.44. The third-order valence-corrected chi connectivity index (χ3v) is 3.87. The Bertz CT molecular complexity index is 554. The Morgan fingerprint density at radius 3 is 2.60 bits per heavy atom. The van der Waals surface area contributed by atoms with Gasteiger partial charge in [0.25, 0.3) is 0 Å². The Kier molecular flexibility index (Phi) is 5.62. The van der Waals surface area contributed by atoms with Gasteiger partial charge < -0.3 is 9.84 Å². The van der Waals surface area contributed by atoms with Crippen LogP contribution in [0.1, 0.15) is 11.1 Å². The van der Waals surface area contributed by atoms with E-state index in [-0.39, 0.29) is 12.5 Å². The number of halogens is 1. The van der Waals surface area contributed by atoms with Crippen LogP contribution in [0, 0.1) is 5.92 Å². The topological polar surface area (TPSA) is 29.5 Å². The summed E-state index contributed by atoms with van der Waals surface area (Å²) in [6.45, 7) is 0.171. The first-order valence-electron chi connectivity index (χ1n) is 6.70. The zero-order chi connectivity index (χ0) is 14.4. The molecular formula is C17H19BrO2. The van der Waals surface area contributed by atoms with Crippen molar-refractivity contribution in [1.82, 2.24) is 0 Å². The van der Waals surface area contributed by atoms with Gasteiger partial charge in [-0.15, -0.1) is 0 Å². The minimum atomic E-state index is 0.171. The molecule has 20 heavy (non-hydrogen) atoms. The van der Waals surface area contributed by atoms with Crippen molar-refractivity contribution >= 4 is 15.9 Å². The Hall–Kier alpha value is -1.32. The normalized spacial score (nSPS) is 12.2. The molecule has 2 aromatic carbocycles. The number of methoxy groups -OCH3 is 1. The van der Waals surface area contributed by atoms with Gasteiger partial charge in [0, 0.05) is 11.1 Å². The molecule has 1 unspecified atom stereocenters. The second-order valence-electron chi connectivity index (χ2n) is 4.90. The number of para-hydroxylation sites is 1. The fraction of sp³-hybridized carbons (Fsp3) is 0.294. The largest absolute Gasteiger partial charge is 0.496 e. The van der Waals surface area contributed by atoms with Gasteiger partial charge in [-0.2, -0.15) is 0 Å². The van der Waals surface area contributed by atoms with Crippen LogP contribution in [0.4, 0.5) is 0 Å². The van der Waals surface area contributed by atoms with Crippen LogP contribution in [0.5, 0.6) is 5.75 Å². The Balaban J connectivity index is 2.09. The van der Waals surface area contributed by atoms with E-state index >= 15 is 0 Å². The van der Waals surface area contributed by atoms with Crippen LogP contribution in [0.2, 0.25) is 0 Å². The third kappa shape index (κ3) is 4.09. The summed E-state index contributed by atoms with van der Waals surface area (Å²) in [5, 5.41) is 9.63. The highest BCUT2D eigenvalue weighted by atomic mass is 79.9. The molecule has 0 spiro atoms. The van der Waals surface area contributed by atoms with Gasteiger partial charge in [-0.1, -0.05) is 46.3 Å². The van der Waals surface area contributed by atoms with Gasteiger partial charge in [-0.05, 0) is 48.1 Å². The summed E-state index contributed by atoms with van der Waals surface area (Å²) in [7, 11) is 1.68. The molecule has 0 amide bonds. The smallest absolute Gasteiger partial charge is 0.122 e. The summed E-state index contributed by atoms with van der Waals surface area (Å²) in [6, 6.07) is 16.2. The van der Waals surface area contributed by atoms with E-state index in [1.54, 1.807) is 7.11 Å². The average Bonchev–Trinajstić information content (AvgIpc) is 2.47. The molecule has 0 bridgehead atoms. The van der Waals surface area contributed by atoms with Gasteiger partial charge in [0.15, 0.2) is 0 Å². The number of rotatable bonds is 6. The van der Waals surface area contributed by atoms with Gasteiger partial charge in [0.2, 0.25) is 0 Å². The molecule has 2 rings (SSSR count). The summed E-state index contributed by atoms with van der Waals surface area (Å²) in [4.78, 5) is 0. The molecule has 0 fully saturated rings. The van der Waals surface area contributed by atoms with Crippen LogP contribution in [0.3, 0.4) is 0 Å². The molecule has 1 N–H and O–H groups in total. The van der Waals surface area contributed by atoms with Gasteiger partial charge in [0.05, 0.1) is 7.11 Å². The average molecular weight is 335 g/mol. The predicted molar refractivity (Wildman–Crippen MR) is 85.1 cm³/mol. The van der Waals surface area contributed by atoms with Crippen molar-refractivity contribution < 1.29 is 9.84 Å². The second kappa shape index (κ2) is 7.46. The first-order chi connectivity index (χ1) is 9.72. The quantitative estimate of drug-likeness (QED) is 0.869. The molecule has 0 saturated carbocycles. The van der Waals surface area contributed by atoms with Crippen LogP contribution >= 0.6 is 15.9 Å². The summed E-state index contributed by atoms with van der Waals surface area (Å²) in [5.41, 5.74) is 2.37. The lowest BCUT2D eigenvalue weighted by atomic mass is 9.93. The molecular weight excluding hydrogens is 316 g/mol. The SMILES string of the molecule is COc1ccccc1CC(CO)Cc1cccc(Br)c1. The van der Waals surface area contributed by atoms with Crippen LogP contribution in [0.15, 0.2) is 53.0 Å². The first kappa shape index (κ1) is 15.1. The summed E-state index contributed by atoms with van der Waals surface area (Å²) in [5.74, 6) is 1.08. The highest BCUT2D eigenvalue weighted by Gasteiger charge is 2.12. The van der Waals surface area contributed by atoms with E-state index in [4.69, 9.17) is 4.74 Å². The van der Waals surface area contributed by atoms with E-state index in [0.717, 1.165) is 28.6 Å². The number of ether oxygens (including phenoxy) is 1. The maximum atomic E-state index is 9.63.